The van der Waals surface area contributed by atoms with Crippen LogP contribution in [0.5, 0.6) is 0 Å². The van der Waals surface area contributed by atoms with Gasteiger partial charge in [0, 0.05) is 27.2 Å². The molecular weight excluding hydrogens is 278 g/mol. The molecule has 20 heavy (non-hydrogen) atoms. The Labute approximate surface area is 120 Å². The second kappa shape index (κ2) is 6.83. The Balaban J connectivity index is 2.79. The van der Waals surface area contributed by atoms with Crippen molar-refractivity contribution in [3.63, 3.8) is 0 Å². The van der Waals surface area contributed by atoms with Crippen molar-refractivity contribution in [2.75, 3.05) is 27.7 Å². The van der Waals surface area contributed by atoms with Crippen molar-refractivity contribution in [2.45, 2.75) is 17.9 Å². The second-order valence-electron chi connectivity index (χ2n) is 4.63. The minimum absolute atomic E-state index is 0.0385. The lowest BCUT2D eigenvalue weighted by molar-refractivity contribution is -0.119. The third-order valence-electron chi connectivity index (χ3n) is 3.01. The summed E-state index contributed by atoms with van der Waals surface area (Å²) in [6.45, 7) is 2.13. The molecule has 0 fully saturated rings. The molecular formula is C13H21N3O3S. The lowest BCUT2D eigenvalue weighted by Crippen LogP contribution is -2.32. The van der Waals surface area contributed by atoms with Gasteiger partial charge in [0.1, 0.15) is 0 Å². The first-order chi connectivity index (χ1) is 9.28. The number of nitrogens with zero attached hydrogens (tertiary/aromatic N) is 1. The molecule has 0 aliphatic carbocycles. The number of carbonyl (C=O) groups excluding carboxylic acids is 1. The van der Waals surface area contributed by atoms with E-state index < -0.39 is 10.0 Å². The van der Waals surface area contributed by atoms with Crippen LogP contribution >= 0.6 is 0 Å². The highest BCUT2D eigenvalue weighted by Crippen LogP contribution is 2.17. The molecule has 0 aromatic heterocycles. The molecule has 1 atom stereocenters. The van der Waals surface area contributed by atoms with E-state index in [1.807, 2.05) is 6.92 Å². The van der Waals surface area contributed by atoms with Crippen LogP contribution in [0.2, 0.25) is 0 Å². The van der Waals surface area contributed by atoms with Gasteiger partial charge in [-0.05, 0) is 24.6 Å². The Morgan fingerprint density at radius 2 is 1.80 bits per heavy atom. The molecule has 1 aromatic carbocycles. The Kier molecular flexibility index (Phi) is 5.67. The van der Waals surface area contributed by atoms with Crippen molar-refractivity contribution >= 4 is 15.9 Å². The molecule has 0 spiro atoms. The number of rotatable bonds is 6. The zero-order chi connectivity index (χ0) is 15.3. The lowest BCUT2D eigenvalue weighted by Gasteiger charge is -2.15. The van der Waals surface area contributed by atoms with E-state index in [2.05, 4.69) is 10.6 Å². The van der Waals surface area contributed by atoms with Crippen LogP contribution < -0.4 is 10.6 Å². The summed E-state index contributed by atoms with van der Waals surface area (Å²) in [6, 6.07) is 6.60. The maximum atomic E-state index is 11.9. The normalized spacial score (nSPS) is 13.2. The summed E-state index contributed by atoms with van der Waals surface area (Å²) < 4.78 is 25.0. The van der Waals surface area contributed by atoms with Gasteiger partial charge in [-0.1, -0.05) is 12.1 Å². The summed E-state index contributed by atoms with van der Waals surface area (Å²) in [7, 11) is 1.17. The van der Waals surface area contributed by atoms with E-state index in [4.69, 9.17) is 0 Å². The average Bonchev–Trinajstić information content (AvgIpc) is 2.44. The van der Waals surface area contributed by atoms with Crippen LogP contribution in [0.4, 0.5) is 0 Å². The van der Waals surface area contributed by atoms with E-state index in [0.29, 0.717) is 0 Å². The minimum Gasteiger partial charge on any atom is -0.358 e. The van der Waals surface area contributed by atoms with Crippen LogP contribution in [0, 0.1) is 0 Å². The van der Waals surface area contributed by atoms with Gasteiger partial charge >= 0.3 is 0 Å². The van der Waals surface area contributed by atoms with Crippen LogP contribution in [0.1, 0.15) is 18.5 Å². The highest BCUT2D eigenvalue weighted by atomic mass is 32.2. The summed E-state index contributed by atoms with van der Waals surface area (Å²) in [6.07, 6.45) is 0. The number of sulfonamides is 1. The molecule has 1 aromatic rings. The molecule has 0 saturated carbocycles. The molecule has 112 valence electrons. The van der Waals surface area contributed by atoms with Crippen LogP contribution in [0.15, 0.2) is 29.2 Å². The third-order valence-corrected chi connectivity index (χ3v) is 4.84. The molecule has 1 unspecified atom stereocenters. The average molecular weight is 299 g/mol. The SMILES string of the molecule is CNC(=O)CNC(C)c1ccc(S(=O)(=O)N(C)C)cc1. The van der Waals surface area contributed by atoms with Crippen LogP contribution in [-0.2, 0) is 14.8 Å². The van der Waals surface area contributed by atoms with Gasteiger partial charge in [0.25, 0.3) is 0 Å². The Bertz CT molecular complexity index is 553. The molecule has 6 nitrogen and oxygen atoms in total. The zero-order valence-electron chi connectivity index (χ0n) is 12.2. The summed E-state index contributed by atoms with van der Waals surface area (Å²) in [5.41, 5.74) is 0.923. The van der Waals surface area contributed by atoms with Gasteiger partial charge in [-0.2, -0.15) is 0 Å². The fourth-order valence-electron chi connectivity index (χ4n) is 1.59. The maximum Gasteiger partial charge on any atom is 0.242 e. The predicted octanol–water partition coefficient (Wildman–Crippen LogP) is 0.334. The smallest absolute Gasteiger partial charge is 0.242 e. The van der Waals surface area contributed by atoms with Gasteiger partial charge in [-0.3, -0.25) is 4.79 Å². The van der Waals surface area contributed by atoms with E-state index >= 15 is 0 Å². The summed E-state index contributed by atoms with van der Waals surface area (Å²) in [4.78, 5) is 11.4. The van der Waals surface area contributed by atoms with Crippen molar-refractivity contribution in [2.24, 2.45) is 0 Å². The number of carbonyl (C=O) groups is 1. The van der Waals surface area contributed by atoms with Crippen molar-refractivity contribution in [3.05, 3.63) is 29.8 Å². The topological polar surface area (TPSA) is 78.5 Å². The van der Waals surface area contributed by atoms with Gasteiger partial charge in [0.05, 0.1) is 11.4 Å². The molecule has 0 bridgehead atoms. The van der Waals surface area contributed by atoms with Crippen LogP contribution in [-0.4, -0.2) is 46.3 Å². The van der Waals surface area contributed by atoms with E-state index in [0.717, 1.165) is 5.56 Å². The van der Waals surface area contributed by atoms with Crippen molar-refractivity contribution < 1.29 is 13.2 Å². The maximum absolute atomic E-state index is 11.9. The van der Waals surface area contributed by atoms with E-state index in [1.54, 1.807) is 31.3 Å². The monoisotopic (exact) mass is 299 g/mol. The fourth-order valence-corrected chi connectivity index (χ4v) is 2.49. The molecule has 2 N–H and O–H groups in total. The summed E-state index contributed by atoms with van der Waals surface area (Å²) in [5, 5.41) is 5.59. The van der Waals surface area contributed by atoms with Crippen molar-refractivity contribution in [1.29, 1.82) is 0 Å². The second-order valence-corrected chi connectivity index (χ2v) is 6.78. The number of benzene rings is 1. The Morgan fingerprint density at radius 1 is 1.25 bits per heavy atom. The predicted molar refractivity (Wildman–Crippen MR) is 77.8 cm³/mol. The molecule has 0 radical (unpaired) electrons. The number of hydrogen-bond acceptors (Lipinski definition) is 4. The number of amides is 1. The highest BCUT2D eigenvalue weighted by molar-refractivity contribution is 7.89. The lowest BCUT2D eigenvalue weighted by atomic mass is 10.1. The number of hydrogen-bond donors (Lipinski definition) is 2. The standard InChI is InChI=1S/C13H21N3O3S/c1-10(15-9-13(17)14-2)11-5-7-12(8-6-11)20(18,19)16(3)4/h5-8,10,15H,9H2,1-4H3,(H,14,17). The molecule has 7 heteroatoms. The summed E-state index contributed by atoms with van der Waals surface area (Å²) >= 11 is 0. The first-order valence-corrected chi connectivity index (χ1v) is 7.69. The zero-order valence-corrected chi connectivity index (χ0v) is 13.0. The van der Waals surface area contributed by atoms with Gasteiger partial charge in [-0.15, -0.1) is 0 Å². The van der Waals surface area contributed by atoms with Gasteiger partial charge in [-0.25, -0.2) is 12.7 Å². The number of nitrogens with one attached hydrogen (secondary N) is 2. The fraction of sp³-hybridized carbons (Fsp3) is 0.462. The molecule has 1 amide bonds. The van der Waals surface area contributed by atoms with E-state index in [-0.39, 0.29) is 23.4 Å². The van der Waals surface area contributed by atoms with Crippen molar-refractivity contribution in [3.8, 4) is 0 Å². The molecule has 0 aliphatic rings. The first-order valence-electron chi connectivity index (χ1n) is 6.25. The van der Waals surface area contributed by atoms with Crippen LogP contribution in [0.25, 0.3) is 0 Å². The van der Waals surface area contributed by atoms with Gasteiger partial charge in [0.15, 0.2) is 0 Å². The molecule has 0 saturated heterocycles. The van der Waals surface area contributed by atoms with Crippen molar-refractivity contribution in [1.82, 2.24) is 14.9 Å². The number of likely N-dealkylation sites (N-methyl/N-ethyl adjacent to an activating group) is 1. The highest BCUT2D eigenvalue weighted by Gasteiger charge is 2.17. The Morgan fingerprint density at radius 3 is 2.25 bits per heavy atom. The third kappa shape index (κ3) is 4.03. The largest absolute Gasteiger partial charge is 0.358 e. The quantitative estimate of drug-likeness (QED) is 0.793. The van der Waals surface area contributed by atoms with Gasteiger partial charge in [0.2, 0.25) is 15.9 Å². The summed E-state index contributed by atoms with van der Waals surface area (Å²) in [5.74, 6) is -0.0938. The molecule has 0 aliphatic heterocycles. The first kappa shape index (κ1) is 16.6. The molecule has 0 heterocycles. The van der Waals surface area contributed by atoms with E-state index in [1.165, 1.54) is 18.4 Å². The van der Waals surface area contributed by atoms with E-state index in [9.17, 15) is 13.2 Å². The minimum atomic E-state index is -3.40. The van der Waals surface area contributed by atoms with Crippen LogP contribution in [0.3, 0.4) is 0 Å². The molecule has 1 rings (SSSR count). The Hall–Kier alpha value is -1.44. The van der Waals surface area contributed by atoms with Gasteiger partial charge < -0.3 is 10.6 Å².